The molecule has 2 rings (SSSR count). The molecule has 1 aliphatic rings. The standard InChI is InChI=1S/C11H14N2O3S/c1-7-4-12-11(13-5-7)17-6-8-2-3-9(16-8)10(14)15/h4-5,8-9H,2-3,6H2,1H3,(H,14,15). The highest BCUT2D eigenvalue weighted by Gasteiger charge is 2.30. The van der Waals surface area contributed by atoms with Crippen molar-refractivity contribution < 1.29 is 14.6 Å². The highest BCUT2D eigenvalue weighted by atomic mass is 32.2. The molecule has 92 valence electrons. The van der Waals surface area contributed by atoms with Crippen LogP contribution in [-0.2, 0) is 9.53 Å². The molecule has 0 spiro atoms. The molecule has 2 unspecified atom stereocenters. The summed E-state index contributed by atoms with van der Waals surface area (Å²) in [6.45, 7) is 1.94. The molecular weight excluding hydrogens is 240 g/mol. The molecule has 6 heteroatoms. The lowest BCUT2D eigenvalue weighted by Crippen LogP contribution is -2.21. The van der Waals surface area contributed by atoms with Gasteiger partial charge in [-0.15, -0.1) is 0 Å². The minimum Gasteiger partial charge on any atom is -0.479 e. The Bertz CT molecular complexity index is 396. The summed E-state index contributed by atoms with van der Waals surface area (Å²) in [5.74, 6) is -0.170. The monoisotopic (exact) mass is 254 g/mol. The van der Waals surface area contributed by atoms with Crippen molar-refractivity contribution in [1.82, 2.24) is 9.97 Å². The Morgan fingerprint density at radius 2 is 2.24 bits per heavy atom. The van der Waals surface area contributed by atoms with Crippen molar-refractivity contribution in [3.05, 3.63) is 18.0 Å². The van der Waals surface area contributed by atoms with E-state index in [1.165, 1.54) is 11.8 Å². The maximum atomic E-state index is 10.7. The molecule has 0 aliphatic carbocycles. The molecule has 1 aliphatic heterocycles. The number of hydrogen-bond donors (Lipinski definition) is 1. The summed E-state index contributed by atoms with van der Waals surface area (Å²) in [5, 5.41) is 9.50. The molecule has 1 fully saturated rings. The Balaban J connectivity index is 1.80. The molecular formula is C11H14N2O3S. The van der Waals surface area contributed by atoms with E-state index in [9.17, 15) is 4.79 Å². The fourth-order valence-corrected chi connectivity index (χ4v) is 2.47. The number of rotatable bonds is 4. The second-order valence-electron chi connectivity index (χ2n) is 4.02. The first-order chi connectivity index (χ1) is 8.15. The summed E-state index contributed by atoms with van der Waals surface area (Å²) in [7, 11) is 0. The van der Waals surface area contributed by atoms with Gasteiger partial charge in [0.15, 0.2) is 11.3 Å². The maximum Gasteiger partial charge on any atom is 0.332 e. The van der Waals surface area contributed by atoms with Crippen LogP contribution < -0.4 is 0 Å². The number of ether oxygens (including phenoxy) is 1. The lowest BCUT2D eigenvalue weighted by molar-refractivity contribution is -0.148. The Morgan fingerprint density at radius 3 is 2.82 bits per heavy atom. The van der Waals surface area contributed by atoms with Crippen molar-refractivity contribution in [3.63, 3.8) is 0 Å². The van der Waals surface area contributed by atoms with Gasteiger partial charge in [-0.3, -0.25) is 0 Å². The van der Waals surface area contributed by atoms with Gasteiger partial charge in [0.1, 0.15) is 0 Å². The Hall–Kier alpha value is -1.14. The van der Waals surface area contributed by atoms with Crippen molar-refractivity contribution >= 4 is 17.7 Å². The van der Waals surface area contributed by atoms with Crippen LogP contribution in [-0.4, -0.2) is 39.0 Å². The lowest BCUT2D eigenvalue weighted by atomic mass is 10.2. The zero-order valence-electron chi connectivity index (χ0n) is 9.50. The molecule has 2 heterocycles. The van der Waals surface area contributed by atoms with E-state index in [1.54, 1.807) is 12.4 Å². The predicted octanol–water partition coefficient (Wildman–Crippen LogP) is 1.51. The molecule has 1 saturated heterocycles. The van der Waals surface area contributed by atoms with E-state index in [0.29, 0.717) is 17.3 Å². The van der Waals surface area contributed by atoms with Gasteiger partial charge in [0.2, 0.25) is 0 Å². The minimum atomic E-state index is -0.871. The fourth-order valence-electron chi connectivity index (χ4n) is 1.63. The maximum absolute atomic E-state index is 10.7. The van der Waals surface area contributed by atoms with E-state index in [2.05, 4.69) is 9.97 Å². The third-order valence-corrected chi connectivity index (χ3v) is 3.55. The van der Waals surface area contributed by atoms with Crippen molar-refractivity contribution in [2.75, 3.05) is 5.75 Å². The van der Waals surface area contributed by atoms with Crippen LogP contribution in [0.3, 0.4) is 0 Å². The number of carboxylic acid groups (broad SMARTS) is 1. The fraction of sp³-hybridized carbons (Fsp3) is 0.545. The highest BCUT2D eigenvalue weighted by molar-refractivity contribution is 7.99. The average molecular weight is 254 g/mol. The molecule has 0 radical (unpaired) electrons. The topological polar surface area (TPSA) is 72.3 Å². The first-order valence-corrected chi connectivity index (χ1v) is 6.43. The highest BCUT2D eigenvalue weighted by Crippen LogP contribution is 2.25. The smallest absolute Gasteiger partial charge is 0.332 e. The Morgan fingerprint density at radius 1 is 1.53 bits per heavy atom. The molecule has 1 aromatic rings. The zero-order chi connectivity index (χ0) is 12.3. The van der Waals surface area contributed by atoms with Crippen LogP contribution in [0.1, 0.15) is 18.4 Å². The molecule has 2 atom stereocenters. The molecule has 0 bridgehead atoms. The quantitative estimate of drug-likeness (QED) is 0.648. The SMILES string of the molecule is Cc1cnc(SCC2CCC(C(=O)O)O2)nc1. The van der Waals surface area contributed by atoms with Gasteiger partial charge in [-0.25, -0.2) is 14.8 Å². The van der Waals surface area contributed by atoms with Crippen LogP contribution in [0.5, 0.6) is 0 Å². The second-order valence-corrected chi connectivity index (χ2v) is 5.00. The van der Waals surface area contributed by atoms with Crippen molar-refractivity contribution in [2.24, 2.45) is 0 Å². The van der Waals surface area contributed by atoms with Crippen LogP contribution >= 0.6 is 11.8 Å². The molecule has 17 heavy (non-hydrogen) atoms. The van der Waals surface area contributed by atoms with Gasteiger partial charge in [-0.2, -0.15) is 0 Å². The third kappa shape index (κ3) is 3.41. The van der Waals surface area contributed by atoms with Crippen LogP contribution in [0.2, 0.25) is 0 Å². The number of carboxylic acids is 1. The van der Waals surface area contributed by atoms with Gasteiger partial charge in [-0.05, 0) is 25.3 Å². The molecule has 1 N–H and O–H groups in total. The van der Waals surface area contributed by atoms with Crippen molar-refractivity contribution in [1.29, 1.82) is 0 Å². The van der Waals surface area contributed by atoms with Gasteiger partial charge < -0.3 is 9.84 Å². The summed E-state index contributed by atoms with van der Waals surface area (Å²) < 4.78 is 5.39. The van der Waals surface area contributed by atoms with Crippen LogP contribution in [0.25, 0.3) is 0 Å². The summed E-state index contributed by atoms with van der Waals surface area (Å²) in [6, 6.07) is 0. The van der Waals surface area contributed by atoms with Gasteiger partial charge in [0, 0.05) is 18.1 Å². The number of aliphatic carboxylic acids is 1. The summed E-state index contributed by atoms with van der Waals surface area (Å²) in [6.07, 6.45) is 4.27. The second kappa shape index (κ2) is 5.46. The van der Waals surface area contributed by atoms with Crippen LogP contribution in [0.15, 0.2) is 17.6 Å². The summed E-state index contributed by atoms with van der Waals surface area (Å²) in [4.78, 5) is 19.0. The van der Waals surface area contributed by atoms with Crippen LogP contribution in [0, 0.1) is 6.92 Å². The average Bonchev–Trinajstić information content (AvgIpc) is 2.77. The van der Waals surface area contributed by atoms with Gasteiger partial charge in [0.25, 0.3) is 0 Å². The number of nitrogens with zero attached hydrogens (tertiary/aromatic N) is 2. The van der Waals surface area contributed by atoms with E-state index >= 15 is 0 Å². The largest absolute Gasteiger partial charge is 0.479 e. The van der Waals surface area contributed by atoms with Crippen molar-refractivity contribution in [2.45, 2.75) is 37.1 Å². The summed E-state index contributed by atoms with van der Waals surface area (Å²) in [5.41, 5.74) is 1.03. The molecule has 0 aromatic carbocycles. The molecule has 5 nitrogen and oxygen atoms in total. The van der Waals surface area contributed by atoms with E-state index in [-0.39, 0.29) is 6.10 Å². The first-order valence-electron chi connectivity index (χ1n) is 5.45. The van der Waals surface area contributed by atoms with Gasteiger partial charge in [0.05, 0.1) is 6.10 Å². The van der Waals surface area contributed by atoms with E-state index < -0.39 is 12.1 Å². The normalized spacial score (nSPS) is 23.8. The first kappa shape index (κ1) is 12.3. The minimum absolute atomic E-state index is 0.00833. The van der Waals surface area contributed by atoms with Crippen molar-refractivity contribution in [3.8, 4) is 0 Å². The molecule has 0 amide bonds. The zero-order valence-corrected chi connectivity index (χ0v) is 10.3. The number of thioether (sulfide) groups is 1. The summed E-state index contributed by atoms with van der Waals surface area (Å²) >= 11 is 1.50. The van der Waals surface area contributed by atoms with Crippen LogP contribution in [0.4, 0.5) is 0 Å². The third-order valence-electron chi connectivity index (χ3n) is 2.54. The number of carbonyl (C=O) groups is 1. The lowest BCUT2D eigenvalue weighted by Gasteiger charge is -2.09. The number of aromatic nitrogens is 2. The predicted molar refractivity (Wildman–Crippen MR) is 63.0 cm³/mol. The Labute approximate surface area is 104 Å². The van der Waals surface area contributed by atoms with E-state index in [4.69, 9.17) is 9.84 Å². The Kier molecular flexibility index (Phi) is 3.96. The number of hydrogen-bond acceptors (Lipinski definition) is 5. The molecule has 1 aromatic heterocycles. The van der Waals surface area contributed by atoms with Gasteiger partial charge in [-0.1, -0.05) is 11.8 Å². The number of aryl methyl sites for hydroxylation is 1. The van der Waals surface area contributed by atoms with E-state index in [0.717, 1.165) is 12.0 Å². The van der Waals surface area contributed by atoms with Gasteiger partial charge >= 0.3 is 5.97 Å². The molecule has 0 saturated carbocycles. The van der Waals surface area contributed by atoms with E-state index in [1.807, 2.05) is 6.92 Å².